The summed E-state index contributed by atoms with van der Waals surface area (Å²) < 4.78 is 6.75. The highest BCUT2D eigenvalue weighted by atomic mass is 35.5. The van der Waals surface area contributed by atoms with Gasteiger partial charge in [-0.2, -0.15) is 0 Å². The Bertz CT molecular complexity index is 890. The van der Waals surface area contributed by atoms with Gasteiger partial charge in [-0.15, -0.1) is 0 Å². The Morgan fingerprint density at radius 3 is 2.44 bits per heavy atom. The van der Waals surface area contributed by atoms with Gasteiger partial charge in [-0.05, 0) is 35.4 Å². The molecule has 0 unspecified atom stereocenters. The standard InChI is InChI=1S/C19H18ClN3O2/c1-25-17-8-4-14(5-9-17)12-22-18-19(24)23(11-10-21-18)13-15-2-6-16(20)7-3-15/h2-11H,12-13H2,1H3,(H,21,22). The largest absolute Gasteiger partial charge is 0.497 e. The predicted octanol–water partition coefficient (Wildman–Crippen LogP) is 3.57. The zero-order valence-corrected chi connectivity index (χ0v) is 14.5. The molecule has 1 aromatic heterocycles. The molecule has 0 fully saturated rings. The molecule has 0 aliphatic carbocycles. The van der Waals surface area contributed by atoms with E-state index in [4.69, 9.17) is 16.3 Å². The lowest BCUT2D eigenvalue weighted by molar-refractivity contribution is 0.414. The monoisotopic (exact) mass is 355 g/mol. The second-order valence-electron chi connectivity index (χ2n) is 5.54. The molecule has 0 aliphatic rings. The van der Waals surface area contributed by atoms with Crippen molar-refractivity contribution in [3.8, 4) is 5.75 Å². The molecule has 3 aromatic rings. The molecule has 0 radical (unpaired) electrons. The second-order valence-corrected chi connectivity index (χ2v) is 5.97. The van der Waals surface area contributed by atoms with Crippen molar-refractivity contribution in [1.82, 2.24) is 9.55 Å². The molecule has 0 saturated carbocycles. The summed E-state index contributed by atoms with van der Waals surface area (Å²) in [7, 11) is 1.63. The second kappa shape index (κ2) is 7.85. The van der Waals surface area contributed by atoms with E-state index in [1.165, 1.54) is 0 Å². The fourth-order valence-electron chi connectivity index (χ4n) is 2.41. The molecule has 0 bridgehead atoms. The van der Waals surface area contributed by atoms with Crippen LogP contribution in [0.4, 0.5) is 5.82 Å². The van der Waals surface area contributed by atoms with Crippen molar-refractivity contribution in [1.29, 1.82) is 0 Å². The number of aromatic nitrogens is 2. The molecule has 0 amide bonds. The summed E-state index contributed by atoms with van der Waals surface area (Å²) in [5, 5.41) is 3.77. The van der Waals surface area contributed by atoms with Crippen LogP contribution in [0.1, 0.15) is 11.1 Å². The third-order valence-corrected chi connectivity index (χ3v) is 4.05. The molecular weight excluding hydrogens is 338 g/mol. The highest BCUT2D eigenvalue weighted by Crippen LogP contribution is 2.12. The average Bonchev–Trinajstić information content (AvgIpc) is 2.64. The molecule has 0 spiro atoms. The van der Waals surface area contributed by atoms with Crippen LogP contribution >= 0.6 is 11.6 Å². The third-order valence-electron chi connectivity index (χ3n) is 3.80. The van der Waals surface area contributed by atoms with Gasteiger partial charge < -0.3 is 14.6 Å². The number of halogens is 1. The van der Waals surface area contributed by atoms with Gasteiger partial charge >= 0.3 is 0 Å². The van der Waals surface area contributed by atoms with Gasteiger partial charge in [0.1, 0.15) is 5.75 Å². The molecule has 0 aliphatic heterocycles. The highest BCUT2D eigenvalue weighted by Gasteiger charge is 2.05. The molecule has 0 atom stereocenters. The van der Waals surface area contributed by atoms with Gasteiger partial charge in [-0.3, -0.25) is 4.79 Å². The third kappa shape index (κ3) is 4.39. The molecule has 128 valence electrons. The number of benzene rings is 2. The summed E-state index contributed by atoms with van der Waals surface area (Å²) >= 11 is 5.89. The number of ether oxygens (including phenoxy) is 1. The first kappa shape index (κ1) is 17.0. The smallest absolute Gasteiger partial charge is 0.293 e. The Morgan fingerprint density at radius 1 is 1.08 bits per heavy atom. The van der Waals surface area contributed by atoms with Crippen molar-refractivity contribution >= 4 is 17.4 Å². The molecule has 6 heteroatoms. The summed E-state index contributed by atoms with van der Waals surface area (Å²) in [5.74, 6) is 1.12. The van der Waals surface area contributed by atoms with Crippen molar-refractivity contribution in [2.45, 2.75) is 13.1 Å². The number of methoxy groups -OCH3 is 1. The van der Waals surface area contributed by atoms with Crippen LogP contribution in [0.15, 0.2) is 65.7 Å². The Labute approximate surface area is 150 Å². The quantitative estimate of drug-likeness (QED) is 0.734. The minimum absolute atomic E-state index is 0.161. The molecule has 2 aromatic carbocycles. The van der Waals surface area contributed by atoms with Crippen molar-refractivity contribution < 1.29 is 4.74 Å². The molecule has 1 N–H and O–H groups in total. The van der Waals surface area contributed by atoms with E-state index in [9.17, 15) is 4.79 Å². The maximum Gasteiger partial charge on any atom is 0.293 e. The van der Waals surface area contributed by atoms with Gasteiger partial charge in [0.25, 0.3) is 5.56 Å². The molecule has 3 rings (SSSR count). The number of anilines is 1. The van der Waals surface area contributed by atoms with Gasteiger partial charge in [0.05, 0.1) is 13.7 Å². The first-order valence-electron chi connectivity index (χ1n) is 7.82. The highest BCUT2D eigenvalue weighted by molar-refractivity contribution is 6.30. The van der Waals surface area contributed by atoms with E-state index in [1.807, 2.05) is 48.5 Å². The van der Waals surface area contributed by atoms with Crippen LogP contribution in [0.5, 0.6) is 5.75 Å². The molecule has 5 nitrogen and oxygen atoms in total. The lowest BCUT2D eigenvalue weighted by Crippen LogP contribution is -2.24. The van der Waals surface area contributed by atoms with Gasteiger partial charge in [0.2, 0.25) is 0 Å². The maximum absolute atomic E-state index is 12.6. The van der Waals surface area contributed by atoms with E-state index >= 15 is 0 Å². The lowest BCUT2D eigenvalue weighted by Gasteiger charge is -2.10. The van der Waals surface area contributed by atoms with Crippen LogP contribution in [-0.4, -0.2) is 16.7 Å². The van der Waals surface area contributed by atoms with Crippen molar-refractivity contribution in [2.75, 3.05) is 12.4 Å². The molecular formula is C19H18ClN3O2. The van der Waals surface area contributed by atoms with Crippen LogP contribution in [0, 0.1) is 0 Å². The fraction of sp³-hybridized carbons (Fsp3) is 0.158. The maximum atomic E-state index is 12.6. The van der Waals surface area contributed by atoms with Crippen molar-refractivity contribution in [2.24, 2.45) is 0 Å². The number of hydrogen-bond acceptors (Lipinski definition) is 4. The topological polar surface area (TPSA) is 56.1 Å². The number of hydrogen-bond donors (Lipinski definition) is 1. The minimum Gasteiger partial charge on any atom is -0.497 e. The summed E-state index contributed by atoms with van der Waals surface area (Å²) in [5.41, 5.74) is 1.87. The van der Waals surface area contributed by atoms with Crippen LogP contribution in [-0.2, 0) is 13.1 Å². The molecule has 1 heterocycles. The van der Waals surface area contributed by atoms with E-state index in [-0.39, 0.29) is 5.56 Å². The number of nitrogens with one attached hydrogen (secondary N) is 1. The summed E-state index contributed by atoms with van der Waals surface area (Å²) in [6, 6.07) is 15.1. The molecule has 0 saturated heterocycles. The zero-order valence-electron chi connectivity index (χ0n) is 13.8. The Hall–Kier alpha value is -2.79. The van der Waals surface area contributed by atoms with Gasteiger partial charge in [-0.25, -0.2) is 4.98 Å². The van der Waals surface area contributed by atoms with Crippen LogP contribution in [0.3, 0.4) is 0 Å². The normalized spacial score (nSPS) is 10.5. The predicted molar refractivity (Wildman–Crippen MR) is 99.4 cm³/mol. The minimum atomic E-state index is -0.161. The Kier molecular flexibility index (Phi) is 5.36. The van der Waals surface area contributed by atoms with Gasteiger partial charge in [-0.1, -0.05) is 35.9 Å². The first-order chi connectivity index (χ1) is 12.2. The van der Waals surface area contributed by atoms with Gasteiger partial charge in [0.15, 0.2) is 5.82 Å². The van der Waals surface area contributed by atoms with E-state index in [2.05, 4.69) is 10.3 Å². The lowest BCUT2D eigenvalue weighted by atomic mass is 10.2. The van der Waals surface area contributed by atoms with E-state index in [0.717, 1.165) is 16.9 Å². The van der Waals surface area contributed by atoms with E-state index < -0.39 is 0 Å². The van der Waals surface area contributed by atoms with Gasteiger partial charge in [0, 0.05) is 24.0 Å². The van der Waals surface area contributed by atoms with E-state index in [1.54, 1.807) is 24.1 Å². The first-order valence-corrected chi connectivity index (χ1v) is 8.20. The van der Waals surface area contributed by atoms with E-state index in [0.29, 0.717) is 23.9 Å². The van der Waals surface area contributed by atoms with Crippen molar-refractivity contribution in [3.63, 3.8) is 0 Å². The number of rotatable bonds is 6. The summed E-state index contributed by atoms with van der Waals surface area (Å²) in [6.07, 6.45) is 3.29. The summed E-state index contributed by atoms with van der Waals surface area (Å²) in [6.45, 7) is 0.979. The molecule has 25 heavy (non-hydrogen) atoms. The van der Waals surface area contributed by atoms with Crippen LogP contribution in [0.2, 0.25) is 5.02 Å². The Morgan fingerprint density at radius 2 is 1.76 bits per heavy atom. The zero-order chi connectivity index (χ0) is 17.6. The van der Waals surface area contributed by atoms with Crippen molar-refractivity contribution in [3.05, 3.63) is 87.4 Å². The SMILES string of the molecule is COc1ccc(CNc2nccn(Cc3ccc(Cl)cc3)c2=O)cc1. The van der Waals surface area contributed by atoms with Crippen LogP contribution < -0.4 is 15.6 Å². The van der Waals surface area contributed by atoms with Crippen LogP contribution in [0.25, 0.3) is 0 Å². The Balaban J connectivity index is 1.71. The fourth-order valence-corrected chi connectivity index (χ4v) is 2.53. The average molecular weight is 356 g/mol. The summed E-state index contributed by atoms with van der Waals surface area (Å²) in [4.78, 5) is 16.7. The number of nitrogens with zero attached hydrogens (tertiary/aromatic N) is 2.